The number of benzene rings is 1. The van der Waals surface area contributed by atoms with E-state index in [9.17, 15) is 9.46 Å². The van der Waals surface area contributed by atoms with Gasteiger partial charge < -0.3 is 9.51 Å². The zero-order valence-corrected chi connectivity index (χ0v) is 13.1. The first-order valence-corrected chi connectivity index (χ1v) is 7.99. The lowest BCUT2D eigenvalue weighted by atomic mass is 10.2. The Labute approximate surface area is 130 Å². The lowest BCUT2D eigenvalue weighted by Crippen LogP contribution is -1.89. The van der Waals surface area contributed by atoms with Gasteiger partial charge in [-0.3, -0.25) is 0 Å². The molecule has 1 atom stereocenters. The number of hydrogen-bond donors (Lipinski definition) is 2. The van der Waals surface area contributed by atoms with E-state index < -0.39 is 13.9 Å². The molecular weight excluding hydrogens is 388 g/mol. The maximum atomic E-state index is 11.9. The Morgan fingerprint density at radius 1 is 1.38 bits per heavy atom. The van der Waals surface area contributed by atoms with Crippen LogP contribution in [0.4, 0.5) is 4.21 Å². The molecule has 0 saturated heterocycles. The summed E-state index contributed by atoms with van der Waals surface area (Å²) in [5, 5.41) is 13.6. The molecule has 3 rings (SSSR count). The van der Waals surface area contributed by atoms with Crippen LogP contribution in [-0.2, 0) is 4.57 Å². The summed E-state index contributed by atoms with van der Waals surface area (Å²) < 4.78 is 22.1. The summed E-state index contributed by atoms with van der Waals surface area (Å²) >= 11 is 9.40. The molecule has 12 heteroatoms. The highest BCUT2D eigenvalue weighted by molar-refractivity contribution is 9.10. The second-order valence-corrected chi connectivity index (χ2v) is 6.28. The Balaban J connectivity index is 2.00. The van der Waals surface area contributed by atoms with Crippen LogP contribution in [0.15, 0.2) is 43.5 Å². The third-order valence-corrected chi connectivity index (χ3v) is 4.51. The molecule has 1 aliphatic heterocycles. The van der Waals surface area contributed by atoms with Crippen LogP contribution >= 0.6 is 35.4 Å². The predicted molar refractivity (Wildman–Crippen MR) is 76.6 cm³/mol. The Bertz CT molecular complexity index is 849. The standard InChI is InChI=1S/C9H4BrClN5O4P/c10-4-1-2-5-7(8(4)11)6(3-12-5)19-21(17,18)20-9-13-15-16-14-9/h1-3,12H/p+1. The number of H-pyrrole nitrogens is 1. The second-order valence-electron chi connectivity index (χ2n) is 3.75. The van der Waals surface area contributed by atoms with E-state index in [0.29, 0.717) is 20.4 Å². The fourth-order valence-electron chi connectivity index (χ4n) is 1.62. The summed E-state index contributed by atoms with van der Waals surface area (Å²) in [5.74, 6) is 0.0506. The monoisotopic (exact) mass is 392 g/mol. The van der Waals surface area contributed by atoms with Gasteiger partial charge >= 0.3 is 13.9 Å². The Kier molecular flexibility index (Phi) is 3.62. The highest BCUT2D eigenvalue weighted by Gasteiger charge is 2.42. The molecule has 9 nitrogen and oxygen atoms in total. The van der Waals surface area contributed by atoms with Crippen LogP contribution in [0.3, 0.4) is 0 Å². The Hall–Kier alpha value is -1.61. The van der Waals surface area contributed by atoms with Crippen LogP contribution in [0.2, 0.25) is 5.02 Å². The van der Waals surface area contributed by atoms with E-state index in [1.807, 2.05) is 0 Å². The molecular formula is C9H5BrClN5O4P+. The minimum Gasteiger partial charge on any atom is -0.358 e. The van der Waals surface area contributed by atoms with Crippen molar-refractivity contribution < 1.29 is 18.2 Å². The first kappa shape index (κ1) is 14.3. The van der Waals surface area contributed by atoms with Gasteiger partial charge in [-0.2, -0.15) is 4.57 Å². The number of nitrogens with one attached hydrogen (secondary N) is 1. The Morgan fingerprint density at radius 3 is 2.81 bits per heavy atom. The first-order chi connectivity index (χ1) is 9.96. The van der Waals surface area contributed by atoms with Gasteiger partial charge in [-0.05, 0) is 48.7 Å². The third-order valence-electron chi connectivity index (χ3n) is 2.41. The number of fused-ring (bicyclic) bond motifs is 1. The van der Waals surface area contributed by atoms with Gasteiger partial charge in [0, 0.05) is 10.7 Å². The number of rotatable bonds is 3. The van der Waals surface area contributed by atoms with Crippen molar-refractivity contribution in [1.29, 1.82) is 0 Å². The summed E-state index contributed by atoms with van der Waals surface area (Å²) in [6, 6.07) is 3.00. The smallest absolute Gasteiger partial charge is 0.358 e. The molecule has 0 radical (unpaired) electrons. The van der Waals surface area contributed by atoms with Gasteiger partial charge in [0.15, 0.2) is 5.75 Å². The number of amides is 2. The predicted octanol–water partition coefficient (Wildman–Crippen LogP) is 4.55. The molecule has 108 valence electrons. The van der Waals surface area contributed by atoms with Gasteiger partial charge in [0.25, 0.3) is 0 Å². The minimum atomic E-state index is -4.51. The van der Waals surface area contributed by atoms with E-state index in [-0.39, 0.29) is 5.75 Å². The quantitative estimate of drug-likeness (QED) is 0.587. The third kappa shape index (κ3) is 2.88. The summed E-state index contributed by atoms with van der Waals surface area (Å²) in [7, 11) is -4.51. The second kappa shape index (κ2) is 5.30. The van der Waals surface area contributed by atoms with Crippen LogP contribution in [0, 0.1) is 0 Å². The number of halogens is 2. The van der Waals surface area contributed by atoms with Crippen molar-refractivity contribution in [1.82, 2.24) is 4.98 Å². The van der Waals surface area contributed by atoms with Gasteiger partial charge in [-0.1, -0.05) is 11.6 Å². The summed E-state index contributed by atoms with van der Waals surface area (Å²) in [5.41, 5.74) is 0.631. The van der Waals surface area contributed by atoms with E-state index >= 15 is 0 Å². The van der Waals surface area contributed by atoms with E-state index in [1.165, 1.54) is 6.20 Å². The van der Waals surface area contributed by atoms with E-state index in [0.717, 1.165) is 0 Å². The zero-order valence-electron chi connectivity index (χ0n) is 9.90. The number of carbonyl (C=O) groups excluding carboxylic acids is 1. The number of hydrogen-bond acceptors (Lipinski definition) is 4. The van der Waals surface area contributed by atoms with Gasteiger partial charge in [0.2, 0.25) is 0 Å². The van der Waals surface area contributed by atoms with Crippen molar-refractivity contribution in [3.05, 3.63) is 27.8 Å². The van der Waals surface area contributed by atoms with Crippen molar-refractivity contribution in [2.45, 2.75) is 0 Å². The van der Waals surface area contributed by atoms with Crippen molar-refractivity contribution in [2.24, 2.45) is 20.7 Å². The number of nitrogens with zero attached hydrogens (tertiary/aromatic N) is 4. The lowest BCUT2D eigenvalue weighted by molar-refractivity contribution is 0.00812. The molecule has 2 aromatic rings. The molecule has 0 spiro atoms. The van der Waals surface area contributed by atoms with Crippen LogP contribution in [-0.4, -0.2) is 15.9 Å². The average molecular weight is 394 g/mol. The van der Waals surface area contributed by atoms with Crippen molar-refractivity contribution in [3.63, 3.8) is 0 Å². The van der Waals surface area contributed by atoms with E-state index in [1.54, 1.807) is 12.1 Å². The normalized spacial score (nSPS) is 16.4. The maximum Gasteiger partial charge on any atom is 0.829 e. The summed E-state index contributed by atoms with van der Waals surface area (Å²) in [4.78, 5) is 12.5. The van der Waals surface area contributed by atoms with E-state index in [4.69, 9.17) is 16.1 Å². The van der Waals surface area contributed by atoms with Gasteiger partial charge in [0.05, 0.1) is 15.9 Å². The maximum absolute atomic E-state index is 11.9. The SMILES string of the molecule is O=P(O)(Oc1c[nH]c2ccc(Br)c(Cl)c12)[O+]=C1N=NN=N1. The molecule has 1 unspecified atom stereocenters. The van der Waals surface area contributed by atoms with Crippen molar-refractivity contribution in [3.8, 4) is 5.75 Å². The molecule has 2 heterocycles. The van der Waals surface area contributed by atoms with Crippen LogP contribution in [0.1, 0.15) is 0 Å². The van der Waals surface area contributed by atoms with Crippen LogP contribution in [0.25, 0.3) is 10.9 Å². The molecule has 1 aliphatic rings. The number of phosphoric ester groups is 1. The molecule has 0 aliphatic carbocycles. The topological polar surface area (TPSA) is 123 Å². The Morgan fingerprint density at radius 2 is 2.10 bits per heavy atom. The summed E-state index contributed by atoms with van der Waals surface area (Å²) in [6.45, 7) is 0. The fraction of sp³-hybridized carbons (Fsp3) is 0. The first-order valence-electron chi connectivity index (χ1n) is 5.32. The van der Waals surface area contributed by atoms with Crippen molar-refractivity contribution in [2.75, 3.05) is 0 Å². The van der Waals surface area contributed by atoms with E-state index in [2.05, 4.69) is 45.8 Å². The fourth-order valence-corrected chi connectivity index (χ4v) is 2.92. The molecule has 0 saturated carbocycles. The van der Waals surface area contributed by atoms with Crippen LogP contribution in [0.5, 0.6) is 5.75 Å². The average Bonchev–Trinajstić information content (AvgIpc) is 3.03. The molecule has 0 fully saturated rings. The molecule has 0 bridgehead atoms. The lowest BCUT2D eigenvalue weighted by Gasteiger charge is -2.01. The van der Waals surface area contributed by atoms with Crippen LogP contribution < -0.4 is 4.52 Å². The summed E-state index contributed by atoms with van der Waals surface area (Å²) in [6.07, 6.45) is 1.39. The highest BCUT2D eigenvalue weighted by Crippen LogP contribution is 2.51. The number of aromatic nitrogens is 1. The molecule has 2 amide bonds. The minimum absolute atomic E-state index is 0.0506. The van der Waals surface area contributed by atoms with Crippen molar-refractivity contribution >= 4 is 52.3 Å². The molecule has 1 aromatic carbocycles. The highest BCUT2D eigenvalue weighted by atomic mass is 79.9. The number of aromatic amines is 1. The molecule has 2 N–H and O–H groups in total. The van der Waals surface area contributed by atoms with Gasteiger partial charge in [0.1, 0.15) is 0 Å². The van der Waals surface area contributed by atoms with Gasteiger partial charge in [-0.25, -0.2) is 4.89 Å². The molecule has 1 aromatic heterocycles. The number of phosphoric acid groups is 1. The molecule has 21 heavy (non-hydrogen) atoms. The largest absolute Gasteiger partial charge is 0.829 e. The number of urea groups is 1. The van der Waals surface area contributed by atoms with Gasteiger partial charge in [-0.15, -0.1) is 4.21 Å². The zero-order chi connectivity index (χ0) is 15.0.